The largest absolute Gasteiger partial charge is 0.240 e. The lowest BCUT2D eigenvalue weighted by atomic mass is 10.2. The standard InChI is InChI=1S/C12H13ClN2O2S/c13-12-7-11(4-3-10(12)8-14)18(16,17)15-6-5-9-1-2-9/h3-4,7,9,15H,1-2,5-6H2. The third kappa shape index (κ3) is 3.22. The van der Waals surface area contributed by atoms with Crippen molar-refractivity contribution in [3.8, 4) is 6.07 Å². The van der Waals surface area contributed by atoms with Gasteiger partial charge in [0.25, 0.3) is 0 Å². The molecule has 1 aromatic rings. The van der Waals surface area contributed by atoms with Gasteiger partial charge in [0.1, 0.15) is 6.07 Å². The zero-order chi connectivity index (χ0) is 13.2. The SMILES string of the molecule is N#Cc1ccc(S(=O)(=O)NCCC2CC2)cc1Cl. The molecule has 2 rings (SSSR count). The topological polar surface area (TPSA) is 70.0 Å². The molecule has 18 heavy (non-hydrogen) atoms. The maximum Gasteiger partial charge on any atom is 0.240 e. The van der Waals surface area contributed by atoms with Gasteiger partial charge in [0.2, 0.25) is 10.0 Å². The second kappa shape index (κ2) is 5.27. The van der Waals surface area contributed by atoms with Gasteiger partial charge in [-0.3, -0.25) is 0 Å². The van der Waals surface area contributed by atoms with Crippen LogP contribution < -0.4 is 4.72 Å². The summed E-state index contributed by atoms with van der Waals surface area (Å²) in [4.78, 5) is 0.0993. The van der Waals surface area contributed by atoms with Crippen LogP contribution >= 0.6 is 11.6 Å². The van der Waals surface area contributed by atoms with Crippen LogP contribution in [-0.4, -0.2) is 15.0 Å². The minimum Gasteiger partial charge on any atom is -0.211 e. The third-order valence-electron chi connectivity index (χ3n) is 2.91. The molecule has 1 aromatic carbocycles. The number of sulfonamides is 1. The van der Waals surface area contributed by atoms with E-state index in [-0.39, 0.29) is 15.5 Å². The van der Waals surface area contributed by atoms with E-state index in [2.05, 4.69) is 4.72 Å². The van der Waals surface area contributed by atoms with Gasteiger partial charge in [-0.1, -0.05) is 24.4 Å². The first-order chi connectivity index (χ1) is 8.53. The molecule has 0 amide bonds. The fourth-order valence-corrected chi connectivity index (χ4v) is 3.00. The monoisotopic (exact) mass is 284 g/mol. The normalized spacial score (nSPS) is 15.3. The van der Waals surface area contributed by atoms with Crippen LogP contribution in [0.1, 0.15) is 24.8 Å². The Balaban J connectivity index is 2.08. The second-order valence-corrected chi connectivity index (χ2v) is 6.56. The van der Waals surface area contributed by atoms with Gasteiger partial charge >= 0.3 is 0 Å². The van der Waals surface area contributed by atoms with E-state index in [1.807, 2.05) is 6.07 Å². The summed E-state index contributed by atoms with van der Waals surface area (Å²) in [6.07, 6.45) is 3.28. The minimum atomic E-state index is -3.52. The van der Waals surface area contributed by atoms with E-state index in [0.29, 0.717) is 12.5 Å². The summed E-state index contributed by atoms with van der Waals surface area (Å²) in [5, 5.41) is 8.88. The minimum absolute atomic E-state index is 0.0993. The highest BCUT2D eigenvalue weighted by Gasteiger charge is 2.22. The zero-order valence-corrected chi connectivity index (χ0v) is 11.3. The Hall–Kier alpha value is -1.09. The number of hydrogen-bond donors (Lipinski definition) is 1. The van der Waals surface area contributed by atoms with Crippen LogP contribution in [0.3, 0.4) is 0 Å². The van der Waals surface area contributed by atoms with E-state index in [4.69, 9.17) is 16.9 Å². The summed E-state index contributed by atoms with van der Waals surface area (Å²) >= 11 is 5.82. The summed E-state index contributed by atoms with van der Waals surface area (Å²) in [6.45, 7) is 0.449. The van der Waals surface area contributed by atoms with Gasteiger partial charge in [-0.15, -0.1) is 0 Å². The Bertz CT molecular complexity index is 589. The number of nitrogens with zero attached hydrogens (tertiary/aromatic N) is 1. The number of benzene rings is 1. The summed E-state index contributed by atoms with van der Waals surface area (Å²) in [7, 11) is -3.52. The number of halogens is 1. The zero-order valence-electron chi connectivity index (χ0n) is 9.69. The summed E-state index contributed by atoms with van der Waals surface area (Å²) in [5.41, 5.74) is 0.272. The first kappa shape index (κ1) is 13.3. The molecule has 1 aliphatic carbocycles. The van der Waals surface area contributed by atoms with Gasteiger partial charge in [-0.05, 0) is 30.5 Å². The Labute approximate surface area is 112 Å². The Morgan fingerprint density at radius 1 is 1.44 bits per heavy atom. The Morgan fingerprint density at radius 2 is 2.17 bits per heavy atom. The fraction of sp³-hybridized carbons (Fsp3) is 0.417. The number of rotatable bonds is 5. The highest BCUT2D eigenvalue weighted by Crippen LogP contribution is 2.31. The molecule has 0 atom stereocenters. The molecule has 0 bridgehead atoms. The molecule has 1 N–H and O–H groups in total. The summed E-state index contributed by atoms with van der Waals surface area (Å²) in [6, 6.07) is 6.01. The maximum atomic E-state index is 11.9. The van der Waals surface area contributed by atoms with Gasteiger partial charge in [-0.25, -0.2) is 13.1 Å². The van der Waals surface area contributed by atoms with E-state index < -0.39 is 10.0 Å². The quantitative estimate of drug-likeness (QED) is 0.902. The van der Waals surface area contributed by atoms with Gasteiger partial charge < -0.3 is 0 Å². The number of nitriles is 1. The molecule has 4 nitrogen and oxygen atoms in total. The fourth-order valence-electron chi connectivity index (χ4n) is 1.64. The molecule has 0 heterocycles. The lowest BCUT2D eigenvalue weighted by Crippen LogP contribution is -2.25. The van der Waals surface area contributed by atoms with E-state index in [1.165, 1.54) is 31.0 Å². The van der Waals surface area contributed by atoms with Crippen molar-refractivity contribution in [2.24, 2.45) is 5.92 Å². The van der Waals surface area contributed by atoms with Gasteiger partial charge in [0.05, 0.1) is 15.5 Å². The van der Waals surface area contributed by atoms with Crippen LogP contribution in [-0.2, 0) is 10.0 Å². The molecule has 0 saturated heterocycles. The maximum absolute atomic E-state index is 11.9. The molecule has 0 aliphatic heterocycles. The number of nitrogens with one attached hydrogen (secondary N) is 1. The van der Waals surface area contributed by atoms with Crippen LogP contribution in [0, 0.1) is 17.2 Å². The van der Waals surface area contributed by atoms with Crippen LogP contribution in [0.4, 0.5) is 0 Å². The lowest BCUT2D eigenvalue weighted by molar-refractivity contribution is 0.575. The summed E-state index contributed by atoms with van der Waals surface area (Å²) in [5.74, 6) is 0.678. The van der Waals surface area contributed by atoms with Crippen molar-refractivity contribution < 1.29 is 8.42 Å². The molecule has 6 heteroatoms. The van der Waals surface area contributed by atoms with Crippen molar-refractivity contribution in [3.05, 3.63) is 28.8 Å². The van der Waals surface area contributed by atoms with E-state index >= 15 is 0 Å². The average molecular weight is 285 g/mol. The second-order valence-electron chi connectivity index (χ2n) is 4.38. The van der Waals surface area contributed by atoms with Crippen molar-refractivity contribution in [1.29, 1.82) is 5.26 Å². The predicted molar refractivity (Wildman–Crippen MR) is 68.7 cm³/mol. The van der Waals surface area contributed by atoms with Gasteiger partial charge in [0, 0.05) is 6.54 Å². The highest BCUT2D eigenvalue weighted by molar-refractivity contribution is 7.89. The van der Waals surface area contributed by atoms with Crippen LogP contribution in [0.5, 0.6) is 0 Å². The predicted octanol–water partition coefficient (Wildman–Crippen LogP) is 2.29. The van der Waals surface area contributed by atoms with Crippen molar-refractivity contribution >= 4 is 21.6 Å². The van der Waals surface area contributed by atoms with Gasteiger partial charge in [0.15, 0.2) is 0 Å². The molecule has 1 fully saturated rings. The van der Waals surface area contributed by atoms with Crippen molar-refractivity contribution in [3.63, 3.8) is 0 Å². The van der Waals surface area contributed by atoms with E-state index in [9.17, 15) is 8.42 Å². The Morgan fingerprint density at radius 3 is 2.72 bits per heavy atom. The Kier molecular flexibility index (Phi) is 3.91. The molecule has 1 saturated carbocycles. The van der Waals surface area contributed by atoms with E-state index in [1.54, 1.807) is 0 Å². The lowest BCUT2D eigenvalue weighted by Gasteiger charge is -2.07. The molecule has 0 radical (unpaired) electrons. The highest BCUT2D eigenvalue weighted by atomic mass is 35.5. The molecule has 0 aromatic heterocycles. The number of hydrogen-bond acceptors (Lipinski definition) is 3. The smallest absolute Gasteiger partial charge is 0.211 e. The molecular weight excluding hydrogens is 272 g/mol. The molecule has 96 valence electrons. The average Bonchev–Trinajstić information content (AvgIpc) is 3.12. The summed E-state index contributed by atoms with van der Waals surface area (Å²) < 4.78 is 26.4. The molecule has 0 spiro atoms. The van der Waals surface area contributed by atoms with Crippen LogP contribution in [0.25, 0.3) is 0 Å². The molecule has 0 unspecified atom stereocenters. The van der Waals surface area contributed by atoms with Crippen molar-refractivity contribution in [2.75, 3.05) is 6.54 Å². The van der Waals surface area contributed by atoms with Gasteiger partial charge in [-0.2, -0.15) is 5.26 Å². The third-order valence-corrected chi connectivity index (χ3v) is 4.68. The van der Waals surface area contributed by atoms with Crippen LogP contribution in [0.15, 0.2) is 23.1 Å². The van der Waals surface area contributed by atoms with Crippen LogP contribution in [0.2, 0.25) is 5.02 Å². The van der Waals surface area contributed by atoms with Crippen molar-refractivity contribution in [1.82, 2.24) is 4.72 Å². The van der Waals surface area contributed by atoms with E-state index in [0.717, 1.165) is 6.42 Å². The van der Waals surface area contributed by atoms with Crippen molar-refractivity contribution in [2.45, 2.75) is 24.2 Å². The molecule has 1 aliphatic rings. The molecular formula is C12H13ClN2O2S. The first-order valence-electron chi connectivity index (χ1n) is 5.72. The first-order valence-corrected chi connectivity index (χ1v) is 7.58.